The van der Waals surface area contributed by atoms with Crippen LogP contribution in [0.3, 0.4) is 0 Å². The van der Waals surface area contributed by atoms with E-state index in [-0.39, 0.29) is 5.92 Å². The Morgan fingerprint density at radius 1 is 1.59 bits per heavy atom. The van der Waals surface area contributed by atoms with Crippen LogP contribution in [0.2, 0.25) is 0 Å². The van der Waals surface area contributed by atoms with E-state index in [2.05, 4.69) is 15.0 Å². The summed E-state index contributed by atoms with van der Waals surface area (Å²) < 4.78 is 5.32. The molecule has 2 aliphatic rings. The summed E-state index contributed by atoms with van der Waals surface area (Å²) >= 11 is 1.59. The zero-order valence-corrected chi connectivity index (χ0v) is 12.9. The molecule has 2 fully saturated rings. The van der Waals surface area contributed by atoms with Gasteiger partial charge in [-0.1, -0.05) is 11.6 Å². The van der Waals surface area contributed by atoms with Crippen molar-refractivity contribution < 1.29 is 14.4 Å². The monoisotopic (exact) mass is 319 g/mol. The average molecular weight is 319 g/mol. The fourth-order valence-corrected chi connectivity index (χ4v) is 4.52. The zero-order valence-electron chi connectivity index (χ0n) is 12.1. The molecular weight excluding hydrogens is 302 g/mol. The molecule has 0 aromatic carbocycles. The molecule has 7 heteroatoms. The van der Waals surface area contributed by atoms with Crippen LogP contribution in [0.4, 0.5) is 0 Å². The molecule has 0 spiro atoms. The number of likely N-dealkylation sites (tertiary alicyclic amines) is 1. The first kappa shape index (κ1) is 13.9. The lowest BCUT2D eigenvalue weighted by Crippen LogP contribution is -2.35. The van der Waals surface area contributed by atoms with Crippen molar-refractivity contribution in [2.45, 2.75) is 25.8 Å². The number of carboxylic acid groups (broad SMARTS) is 1. The SMILES string of the molecule is O=C(O)[C@@]12CCC[C@H]1CN(Cc1nc(-c3ccsc3)no1)C2. The number of carboxylic acids is 1. The Kier molecular flexibility index (Phi) is 3.27. The summed E-state index contributed by atoms with van der Waals surface area (Å²) in [6.07, 6.45) is 2.81. The van der Waals surface area contributed by atoms with Gasteiger partial charge in [0.05, 0.1) is 12.0 Å². The van der Waals surface area contributed by atoms with Crippen LogP contribution in [-0.4, -0.2) is 39.2 Å². The van der Waals surface area contributed by atoms with Gasteiger partial charge in [-0.3, -0.25) is 9.69 Å². The highest BCUT2D eigenvalue weighted by Crippen LogP contribution is 2.49. The number of hydrogen-bond donors (Lipinski definition) is 1. The first-order valence-corrected chi connectivity index (χ1v) is 8.42. The van der Waals surface area contributed by atoms with E-state index in [0.717, 1.165) is 31.4 Å². The highest BCUT2D eigenvalue weighted by atomic mass is 32.1. The van der Waals surface area contributed by atoms with Crippen LogP contribution >= 0.6 is 11.3 Å². The molecule has 1 aliphatic heterocycles. The van der Waals surface area contributed by atoms with E-state index in [9.17, 15) is 9.90 Å². The summed E-state index contributed by atoms with van der Waals surface area (Å²) in [6.45, 7) is 1.92. The highest BCUT2D eigenvalue weighted by molar-refractivity contribution is 7.08. The summed E-state index contributed by atoms with van der Waals surface area (Å²) in [7, 11) is 0. The molecule has 116 valence electrons. The Morgan fingerprint density at radius 2 is 2.50 bits per heavy atom. The molecule has 0 bridgehead atoms. The summed E-state index contributed by atoms with van der Waals surface area (Å²) in [5, 5.41) is 17.6. The van der Waals surface area contributed by atoms with E-state index in [1.54, 1.807) is 11.3 Å². The molecule has 0 unspecified atom stereocenters. The second-order valence-electron chi connectivity index (χ2n) is 6.24. The summed E-state index contributed by atoms with van der Waals surface area (Å²) in [5.74, 6) is 0.761. The zero-order chi connectivity index (χ0) is 15.2. The minimum absolute atomic E-state index is 0.254. The van der Waals surface area contributed by atoms with Gasteiger partial charge in [0.1, 0.15) is 0 Å². The smallest absolute Gasteiger partial charge is 0.311 e. The fraction of sp³-hybridized carbons (Fsp3) is 0.533. The maximum Gasteiger partial charge on any atom is 0.311 e. The Bertz CT molecular complexity index is 684. The predicted molar refractivity (Wildman–Crippen MR) is 80.3 cm³/mol. The van der Waals surface area contributed by atoms with E-state index >= 15 is 0 Å². The van der Waals surface area contributed by atoms with Gasteiger partial charge in [0.2, 0.25) is 11.7 Å². The van der Waals surface area contributed by atoms with E-state index < -0.39 is 11.4 Å². The van der Waals surface area contributed by atoms with Crippen molar-refractivity contribution in [3.63, 3.8) is 0 Å². The van der Waals surface area contributed by atoms with Gasteiger partial charge < -0.3 is 9.63 Å². The number of fused-ring (bicyclic) bond motifs is 1. The standard InChI is InChI=1S/C15H17N3O3S/c19-14(20)15-4-1-2-11(15)6-18(9-15)7-12-16-13(17-21-12)10-3-5-22-8-10/h3,5,8,11H,1-2,4,6-7,9H2,(H,19,20)/t11-,15+/m0/s1. The van der Waals surface area contributed by atoms with Crippen LogP contribution in [-0.2, 0) is 11.3 Å². The van der Waals surface area contributed by atoms with Crippen LogP contribution in [0, 0.1) is 11.3 Å². The Labute approximate surface area is 131 Å². The van der Waals surface area contributed by atoms with Crippen LogP contribution in [0.1, 0.15) is 25.2 Å². The van der Waals surface area contributed by atoms with Gasteiger partial charge in [0.25, 0.3) is 0 Å². The van der Waals surface area contributed by atoms with Crippen LogP contribution in [0.15, 0.2) is 21.3 Å². The van der Waals surface area contributed by atoms with E-state index in [1.165, 1.54) is 0 Å². The third-order valence-corrected chi connectivity index (χ3v) is 5.66. The fourth-order valence-electron chi connectivity index (χ4n) is 3.88. The maximum absolute atomic E-state index is 11.7. The minimum atomic E-state index is -0.651. The number of aliphatic carboxylic acids is 1. The summed E-state index contributed by atoms with van der Waals surface area (Å²) in [5.41, 5.74) is 0.399. The largest absolute Gasteiger partial charge is 0.481 e. The number of hydrogen-bond acceptors (Lipinski definition) is 6. The van der Waals surface area contributed by atoms with Crippen LogP contribution < -0.4 is 0 Å². The number of rotatable bonds is 4. The average Bonchev–Trinajstić information content (AvgIpc) is 3.22. The van der Waals surface area contributed by atoms with Crippen molar-refractivity contribution in [2.75, 3.05) is 13.1 Å². The lowest BCUT2D eigenvalue weighted by molar-refractivity contribution is -0.149. The van der Waals surface area contributed by atoms with Crippen LogP contribution in [0.5, 0.6) is 0 Å². The quantitative estimate of drug-likeness (QED) is 0.932. The van der Waals surface area contributed by atoms with Gasteiger partial charge in [-0.05, 0) is 30.2 Å². The molecule has 1 saturated carbocycles. The maximum atomic E-state index is 11.7. The van der Waals surface area contributed by atoms with Crippen molar-refractivity contribution in [1.29, 1.82) is 0 Å². The molecule has 22 heavy (non-hydrogen) atoms. The lowest BCUT2D eigenvalue weighted by atomic mass is 9.81. The first-order valence-electron chi connectivity index (χ1n) is 7.48. The van der Waals surface area contributed by atoms with Gasteiger partial charge in [-0.2, -0.15) is 16.3 Å². The molecule has 3 heterocycles. The second-order valence-corrected chi connectivity index (χ2v) is 7.02. The van der Waals surface area contributed by atoms with Gasteiger partial charge in [0.15, 0.2) is 0 Å². The van der Waals surface area contributed by atoms with Crippen molar-refractivity contribution in [3.8, 4) is 11.4 Å². The summed E-state index contributed by atoms with van der Waals surface area (Å²) in [4.78, 5) is 18.2. The van der Waals surface area contributed by atoms with Crippen molar-refractivity contribution in [2.24, 2.45) is 11.3 Å². The molecule has 6 nitrogen and oxygen atoms in total. The molecule has 1 aliphatic carbocycles. The van der Waals surface area contributed by atoms with Crippen molar-refractivity contribution in [1.82, 2.24) is 15.0 Å². The van der Waals surface area contributed by atoms with Crippen molar-refractivity contribution in [3.05, 3.63) is 22.7 Å². The number of nitrogens with zero attached hydrogens (tertiary/aromatic N) is 3. The first-order chi connectivity index (χ1) is 10.7. The Hall–Kier alpha value is -1.73. The Morgan fingerprint density at radius 3 is 3.23 bits per heavy atom. The van der Waals surface area contributed by atoms with Gasteiger partial charge in [-0.15, -0.1) is 0 Å². The van der Waals surface area contributed by atoms with Gasteiger partial charge in [-0.25, -0.2) is 0 Å². The van der Waals surface area contributed by atoms with E-state index in [0.29, 0.717) is 24.8 Å². The molecule has 2 atom stereocenters. The topological polar surface area (TPSA) is 79.5 Å². The third kappa shape index (κ3) is 2.16. The Balaban J connectivity index is 1.48. The third-order valence-electron chi connectivity index (χ3n) is 4.97. The second kappa shape index (κ2) is 5.17. The van der Waals surface area contributed by atoms with Crippen LogP contribution in [0.25, 0.3) is 11.4 Å². The predicted octanol–water partition coefficient (Wildman–Crippen LogP) is 2.48. The molecule has 2 aromatic rings. The number of carbonyl (C=O) groups is 1. The molecule has 2 aromatic heterocycles. The molecule has 0 radical (unpaired) electrons. The minimum Gasteiger partial charge on any atom is -0.481 e. The molecule has 4 rings (SSSR count). The molecular formula is C15H17N3O3S. The van der Waals surface area contributed by atoms with E-state index in [1.807, 2.05) is 16.8 Å². The number of aromatic nitrogens is 2. The summed E-state index contributed by atoms with van der Waals surface area (Å²) in [6, 6.07) is 1.96. The van der Waals surface area contributed by atoms with Crippen molar-refractivity contribution >= 4 is 17.3 Å². The van der Waals surface area contributed by atoms with Gasteiger partial charge >= 0.3 is 5.97 Å². The molecule has 1 N–H and O–H groups in total. The number of thiophene rings is 1. The normalized spacial score (nSPS) is 28.1. The highest BCUT2D eigenvalue weighted by Gasteiger charge is 2.54. The van der Waals surface area contributed by atoms with Gasteiger partial charge in [0, 0.05) is 24.0 Å². The molecule has 0 amide bonds. The molecule has 1 saturated heterocycles. The van der Waals surface area contributed by atoms with E-state index in [4.69, 9.17) is 4.52 Å². The lowest BCUT2D eigenvalue weighted by Gasteiger charge is -2.23.